The van der Waals surface area contributed by atoms with Crippen molar-refractivity contribution in [2.45, 2.75) is 13.0 Å². The summed E-state index contributed by atoms with van der Waals surface area (Å²) in [6, 6.07) is 10.9. The van der Waals surface area contributed by atoms with E-state index in [0.29, 0.717) is 0 Å². The second-order valence-corrected chi connectivity index (χ2v) is 5.63. The molecular weight excluding hydrogens is 368 g/mol. The summed E-state index contributed by atoms with van der Waals surface area (Å²) < 4.78 is 4.80. The van der Waals surface area contributed by atoms with Crippen LogP contribution in [-0.2, 0) is 9.59 Å². The maximum absolute atomic E-state index is 11.9. The number of nitro groups is 1. The Morgan fingerprint density at radius 1 is 1.21 bits per heavy atom. The van der Waals surface area contributed by atoms with E-state index in [1.807, 2.05) is 23.6 Å². The van der Waals surface area contributed by atoms with Crippen LogP contribution in [0.4, 0.5) is 5.69 Å². The largest absolute Gasteiger partial charge is 0.865 e. The Bertz CT molecular complexity index is 914. The molecule has 28 heavy (non-hydrogen) atoms. The number of rotatable bonds is 6. The molecule has 0 fully saturated rings. The lowest BCUT2D eigenvalue weighted by atomic mass is 10.1. The summed E-state index contributed by atoms with van der Waals surface area (Å²) in [5.74, 6) is -3.02. The number of methoxy groups -OCH3 is 1. The van der Waals surface area contributed by atoms with Gasteiger partial charge in [-0.3, -0.25) is 19.7 Å². The first kappa shape index (κ1) is 20.4. The number of ether oxygens (including phenoxy) is 1. The smallest absolute Gasteiger partial charge is 0.329 e. The lowest BCUT2D eigenvalue weighted by molar-refractivity contribution is -0.398. The Balaban J connectivity index is 2.02. The highest BCUT2D eigenvalue weighted by atomic mass is 16.6. The molecule has 0 saturated heterocycles. The van der Waals surface area contributed by atoms with Gasteiger partial charge in [0, 0.05) is 17.4 Å². The molecule has 2 N–H and O–H groups in total. The van der Waals surface area contributed by atoms with Gasteiger partial charge in [-0.25, -0.2) is 5.43 Å². The van der Waals surface area contributed by atoms with Crippen LogP contribution in [0.3, 0.4) is 0 Å². The van der Waals surface area contributed by atoms with Gasteiger partial charge < -0.3 is 15.2 Å². The van der Waals surface area contributed by atoms with Crippen molar-refractivity contribution in [1.29, 1.82) is 0 Å². The van der Waals surface area contributed by atoms with Crippen molar-refractivity contribution in [2.24, 2.45) is 5.10 Å². The second kappa shape index (κ2) is 9.12. The van der Waals surface area contributed by atoms with Crippen molar-refractivity contribution in [2.75, 3.05) is 7.11 Å². The zero-order chi connectivity index (χ0) is 20.7. The summed E-state index contributed by atoms with van der Waals surface area (Å²) in [5.41, 5.74) is 2.29. The molecule has 0 spiro atoms. The highest BCUT2D eigenvalue weighted by Gasteiger charge is 2.17. The zero-order valence-electron chi connectivity index (χ0n) is 15.0. The average molecular weight is 385 g/mol. The van der Waals surface area contributed by atoms with Crippen molar-refractivity contribution in [3.05, 3.63) is 63.7 Å². The molecule has 0 saturated carbocycles. The normalized spacial score (nSPS) is 11.6. The van der Waals surface area contributed by atoms with E-state index < -0.39 is 28.2 Å². The summed E-state index contributed by atoms with van der Waals surface area (Å²) in [5, 5.41) is 28.8. The van der Waals surface area contributed by atoms with Gasteiger partial charge >= 0.3 is 11.8 Å². The number of nitro benzene ring substituents is 1. The molecule has 2 rings (SSSR count). The molecule has 0 aliphatic carbocycles. The molecule has 0 aliphatic heterocycles. The van der Waals surface area contributed by atoms with Gasteiger partial charge in [0.1, 0.15) is 5.75 Å². The first-order valence-corrected chi connectivity index (χ1v) is 8.05. The molecule has 0 radical (unpaired) electrons. The molecule has 10 heteroatoms. The molecule has 0 heterocycles. The minimum absolute atomic E-state index is 0.140. The van der Waals surface area contributed by atoms with Gasteiger partial charge in [-0.1, -0.05) is 30.3 Å². The van der Waals surface area contributed by atoms with Gasteiger partial charge in [-0.2, -0.15) is 5.10 Å². The molecule has 2 aromatic carbocycles. The molecule has 146 valence electrons. The minimum atomic E-state index is -1.01. The Morgan fingerprint density at radius 3 is 2.50 bits per heavy atom. The van der Waals surface area contributed by atoms with Crippen LogP contribution >= 0.6 is 0 Å². The molecule has 0 aromatic heterocycles. The lowest BCUT2D eigenvalue weighted by Crippen LogP contribution is -2.39. The van der Waals surface area contributed by atoms with Crippen molar-refractivity contribution in [3.8, 4) is 11.5 Å². The summed E-state index contributed by atoms with van der Waals surface area (Å²) >= 11 is 0. The predicted octanol–water partition coefficient (Wildman–Crippen LogP) is 1.00. The van der Waals surface area contributed by atoms with Crippen LogP contribution in [0.1, 0.15) is 24.1 Å². The van der Waals surface area contributed by atoms with Crippen LogP contribution in [0.2, 0.25) is 0 Å². The molecule has 2 aromatic rings. The highest BCUT2D eigenvalue weighted by molar-refractivity contribution is 6.35. The number of nitrogens with one attached hydrogen (secondary N) is 2. The number of carbonyl (C=O) groups excluding carboxylic acids is 2. The van der Waals surface area contributed by atoms with Gasteiger partial charge in [-0.15, -0.1) is 0 Å². The van der Waals surface area contributed by atoms with Crippen LogP contribution in [-0.4, -0.2) is 30.1 Å². The zero-order valence-corrected chi connectivity index (χ0v) is 15.0. The number of hydrogen-bond acceptors (Lipinski definition) is 7. The van der Waals surface area contributed by atoms with Crippen LogP contribution < -0.4 is 20.6 Å². The topological polar surface area (TPSA) is 146 Å². The van der Waals surface area contributed by atoms with Gasteiger partial charge in [0.2, 0.25) is 0 Å². The molecule has 0 unspecified atom stereocenters. The quantitative estimate of drug-likeness (QED) is 0.328. The third-order valence-corrected chi connectivity index (χ3v) is 3.71. The monoisotopic (exact) mass is 385 g/mol. The van der Waals surface area contributed by atoms with E-state index in [4.69, 9.17) is 4.74 Å². The minimum Gasteiger partial charge on any atom is -0.865 e. The highest BCUT2D eigenvalue weighted by Crippen LogP contribution is 2.33. The number of benzene rings is 2. The van der Waals surface area contributed by atoms with E-state index in [2.05, 4.69) is 10.4 Å². The van der Waals surface area contributed by atoms with E-state index in [-0.39, 0.29) is 17.4 Å². The maximum atomic E-state index is 11.9. The Labute approximate surface area is 160 Å². The summed E-state index contributed by atoms with van der Waals surface area (Å²) in [4.78, 5) is 33.8. The third kappa shape index (κ3) is 5.04. The van der Waals surface area contributed by atoms with Gasteiger partial charge in [0.05, 0.1) is 24.3 Å². The van der Waals surface area contributed by atoms with Crippen molar-refractivity contribution < 1.29 is 24.4 Å². The standard InChI is InChI=1S/C18H18N4O6/c1-11(13-6-4-3-5-7-13)20-17(24)18(25)21-19-10-12-8-14(22(26)27)16(23)15(9-12)28-2/h3-11,23H,1-2H3,(H,20,24)(H,21,25)/p-1/b19-10-/t11-/m0/s1. The SMILES string of the molecule is COc1cc(/C=N\NC(=O)C(=O)N[C@@H](C)c2ccccc2)cc([N+](=O)[O-])c1[O-]. The van der Waals surface area contributed by atoms with Gasteiger partial charge in [0.25, 0.3) is 5.69 Å². The van der Waals surface area contributed by atoms with E-state index in [9.17, 15) is 24.8 Å². The van der Waals surface area contributed by atoms with Crippen LogP contribution in [0.25, 0.3) is 0 Å². The first-order chi connectivity index (χ1) is 13.3. The van der Waals surface area contributed by atoms with E-state index >= 15 is 0 Å². The molecule has 0 bridgehead atoms. The molecular formula is C18H17N4O6-. The summed E-state index contributed by atoms with van der Waals surface area (Å²) in [6.45, 7) is 1.72. The number of hydrogen-bond donors (Lipinski definition) is 2. The molecule has 10 nitrogen and oxygen atoms in total. The summed E-state index contributed by atoms with van der Waals surface area (Å²) in [6.07, 6.45) is 1.06. The van der Waals surface area contributed by atoms with Gasteiger partial charge in [0.15, 0.2) is 0 Å². The average Bonchev–Trinajstić information content (AvgIpc) is 2.69. The Kier molecular flexibility index (Phi) is 6.63. The molecule has 1 atom stereocenters. The fourth-order valence-electron chi connectivity index (χ4n) is 2.27. The predicted molar refractivity (Wildman–Crippen MR) is 97.8 cm³/mol. The van der Waals surface area contributed by atoms with E-state index in [1.54, 1.807) is 19.1 Å². The first-order valence-electron chi connectivity index (χ1n) is 8.05. The van der Waals surface area contributed by atoms with Crippen molar-refractivity contribution in [3.63, 3.8) is 0 Å². The molecule has 0 aliphatic rings. The fraction of sp³-hybridized carbons (Fsp3) is 0.167. The Hall–Kier alpha value is -3.95. The van der Waals surface area contributed by atoms with Crippen LogP contribution in [0, 0.1) is 10.1 Å². The Morgan fingerprint density at radius 2 is 1.89 bits per heavy atom. The van der Waals surface area contributed by atoms with Gasteiger partial charge in [-0.05, 0) is 18.6 Å². The second-order valence-electron chi connectivity index (χ2n) is 5.63. The fourth-order valence-corrected chi connectivity index (χ4v) is 2.27. The van der Waals surface area contributed by atoms with Crippen molar-refractivity contribution in [1.82, 2.24) is 10.7 Å². The number of amides is 2. The number of nitrogens with zero attached hydrogens (tertiary/aromatic N) is 2. The van der Waals surface area contributed by atoms with Crippen molar-refractivity contribution >= 4 is 23.7 Å². The van der Waals surface area contributed by atoms with Crippen LogP contribution in [0.15, 0.2) is 47.6 Å². The third-order valence-electron chi connectivity index (χ3n) is 3.71. The number of hydrazone groups is 1. The lowest BCUT2D eigenvalue weighted by Gasteiger charge is -2.13. The maximum Gasteiger partial charge on any atom is 0.329 e. The molecule has 2 amide bonds. The number of carbonyl (C=O) groups is 2. The van der Waals surface area contributed by atoms with E-state index in [0.717, 1.165) is 17.8 Å². The van der Waals surface area contributed by atoms with Crippen LogP contribution in [0.5, 0.6) is 11.5 Å². The summed E-state index contributed by atoms with van der Waals surface area (Å²) in [7, 11) is 1.20. The van der Waals surface area contributed by atoms with E-state index in [1.165, 1.54) is 13.2 Å².